The highest BCUT2D eigenvalue weighted by molar-refractivity contribution is 7.99. The van der Waals surface area contributed by atoms with Crippen molar-refractivity contribution < 1.29 is 4.74 Å². The molecular weight excluding hydrogens is 316 g/mol. The topological polar surface area (TPSA) is 44.1 Å². The molecule has 1 saturated heterocycles. The van der Waals surface area contributed by atoms with Gasteiger partial charge in [0.15, 0.2) is 5.16 Å². The highest BCUT2D eigenvalue weighted by Gasteiger charge is 2.17. The van der Waals surface area contributed by atoms with Gasteiger partial charge in [0.2, 0.25) is 0 Å². The minimum absolute atomic E-state index is 0.0931. The quantitative estimate of drug-likeness (QED) is 0.616. The molecule has 0 spiro atoms. The average molecular weight is 338 g/mol. The van der Waals surface area contributed by atoms with Crippen molar-refractivity contribution in [3.63, 3.8) is 0 Å². The average Bonchev–Trinajstić information content (AvgIpc) is 2.97. The third-order valence-corrected chi connectivity index (χ3v) is 6.29. The van der Waals surface area contributed by atoms with Crippen LogP contribution in [-0.4, -0.2) is 28.0 Å². The van der Waals surface area contributed by atoms with E-state index in [1.165, 1.54) is 17.7 Å². The molecule has 1 aliphatic heterocycles. The van der Waals surface area contributed by atoms with Gasteiger partial charge in [-0.2, -0.15) is 0 Å². The predicted octanol–water partition coefficient (Wildman–Crippen LogP) is 3.70. The lowest BCUT2D eigenvalue weighted by atomic mass is 10.1. The molecule has 0 saturated carbocycles. The van der Waals surface area contributed by atoms with Gasteiger partial charge < -0.3 is 4.74 Å². The minimum atomic E-state index is 0.0931. The molecule has 0 unspecified atom stereocenters. The van der Waals surface area contributed by atoms with Gasteiger partial charge in [0.25, 0.3) is 5.56 Å². The van der Waals surface area contributed by atoms with Crippen molar-refractivity contribution in [3.8, 4) is 0 Å². The van der Waals surface area contributed by atoms with Crippen molar-refractivity contribution >= 4 is 33.3 Å². The second-order valence-corrected chi connectivity index (χ2v) is 7.63. The summed E-state index contributed by atoms with van der Waals surface area (Å²) >= 11 is 3.29. The van der Waals surface area contributed by atoms with Crippen LogP contribution in [-0.2, 0) is 17.7 Å². The molecular formula is C16H22N2O2S2. The zero-order valence-corrected chi connectivity index (χ0v) is 14.8. The van der Waals surface area contributed by atoms with Gasteiger partial charge in [-0.05, 0) is 38.7 Å². The Hall–Kier alpha value is -0.850. The van der Waals surface area contributed by atoms with Gasteiger partial charge in [0, 0.05) is 23.8 Å². The molecule has 0 bridgehead atoms. The summed E-state index contributed by atoms with van der Waals surface area (Å²) in [5.41, 5.74) is 0.0931. The van der Waals surface area contributed by atoms with Crippen LogP contribution in [0.3, 0.4) is 0 Å². The molecule has 1 fully saturated rings. The third-order valence-electron chi connectivity index (χ3n) is 4.00. The predicted molar refractivity (Wildman–Crippen MR) is 93.2 cm³/mol. The first-order valence-electron chi connectivity index (χ1n) is 8.00. The molecule has 22 heavy (non-hydrogen) atoms. The van der Waals surface area contributed by atoms with E-state index in [0.717, 1.165) is 40.6 Å². The van der Waals surface area contributed by atoms with Crippen molar-refractivity contribution in [1.82, 2.24) is 9.55 Å². The van der Waals surface area contributed by atoms with Crippen LogP contribution in [0.15, 0.2) is 16.0 Å². The zero-order chi connectivity index (χ0) is 15.5. The number of thioether (sulfide) groups is 1. The zero-order valence-electron chi connectivity index (χ0n) is 13.1. The van der Waals surface area contributed by atoms with E-state index in [2.05, 4.69) is 6.92 Å². The maximum atomic E-state index is 12.6. The summed E-state index contributed by atoms with van der Waals surface area (Å²) in [5.74, 6) is 0.879. The van der Waals surface area contributed by atoms with E-state index in [9.17, 15) is 4.79 Å². The Bertz CT molecular complexity index is 702. The first-order valence-corrected chi connectivity index (χ1v) is 9.80. The van der Waals surface area contributed by atoms with E-state index in [1.54, 1.807) is 27.7 Å². The molecule has 2 aromatic heterocycles. The molecule has 4 nitrogen and oxygen atoms in total. The molecule has 0 aliphatic carbocycles. The summed E-state index contributed by atoms with van der Waals surface area (Å²) in [6.45, 7) is 5.64. The van der Waals surface area contributed by atoms with Crippen LogP contribution in [0.1, 0.15) is 38.0 Å². The van der Waals surface area contributed by atoms with Crippen molar-refractivity contribution in [1.29, 1.82) is 0 Å². The van der Waals surface area contributed by atoms with Crippen molar-refractivity contribution in [2.75, 3.05) is 12.4 Å². The standard InChI is InChI=1S/C16H22N2O2S2/c1-3-12-9-13-14(22-12)17-16(18(4-2)15(13)19)21-10-11-7-5-6-8-20-11/h9,11H,3-8,10H2,1-2H3/t11-/m0/s1. The fourth-order valence-corrected chi connectivity index (χ4v) is 4.85. The number of hydrogen-bond acceptors (Lipinski definition) is 5. The van der Waals surface area contributed by atoms with Crippen LogP contribution < -0.4 is 5.56 Å². The van der Waals surface area contributed by atoms with E-state index in [4.69, 9.17) is 9.72 Å². The van der Waals surface area contributed by atoms with Gasteiger partial charge in [-0.3, -0.25) is 9.36 Å². The maximum Gasteiger partial charge on any atom is 0.262 e. The van der Waals surface area contributed by atoms with Crippen LogP contribution in [0.25, 0.3) is 10.2 Å². The number of hydrogen-bond donors (Lipinski definition) is 0. The molecule has 120 valence electrons. The van der Waals surface area contributed by atoms with Crippen LogP contribution in [0.5, 0.6) is 0 Å². The lowest BCUT2D eigenvalue weighted by Gasteiger charge is -2.22. The fraction of sp³-hybridized carbons (Fsp3) is 0.625. The molecule has 0 amide bonds. The largest absolute Gasteiger partial charge is 0.377 e. The van der Waals surface area contributed by atoms with E-state index in [1.807, 2.05) is 13.0 Å². The number of aromatic nitrogens is 2. The summed E-state index contributed by atoms with van der Waals surface area (Å²) in [6.07, 6.45) is 4.77. The number of fused-ring (bicyclic) bond motifs is 1. The molecule has 2 aromatic rings. The molecule has 0 aromatic carbocycles. The number of ether oxygens (including phenoxy) is 1. The van der Waals surface area contributed by atoms with Gasteiger partial charge >= 0.3 is 0 Å². The molecule has 3 rings (SSSR count). The van der Waals surface area contributed by atoms with Gasteiger partial charge in [0.05, 0.1) is 11.5 Å². The van der Waals surface area contributed by atoms with Gasteiger partial charge in [0.1, 0.15) is 4.83 Å². The Morgan fingerprint density at radius 1 is 1.45 bits per heavy atom. The van der Waals surface area contributed by atoms with Crippen LogP contribution in [0.4, 0.5) is 0 Å². The smallest absolute Gasteiger partial charge is 0.262 e. The van der Waals surface area contributed by atoms with E-state index >= 15 is 0 Å². The number of rotatable bonds is 5. The number of nitrogens with zero attached hydrogens (tertiary/aromatic N) is 2. The fourth-order valence-electron chi connectivity index (χ4n) is 2.72. The van der Waals surface area contributed by atoms with E-state index in [0.29, 0.717) is 12.6 Å². The number of thiophene rings is 1. The lowest BCUT2D eigenvalue weighted by Crippen LogP contribution is -2.24. The van der Waals surface area contributed by atoms with Crippen molar-refractivity contribution in [2.24, 2.45) is 0 Å². The first kappa shape index (κ1) is 16.0. The maximum absolute atomic E-state index is 12.6. The summed E-state index contributed by atoms with van der Waals surface area (Å²) in [6, 6.07) is 2.00. The second-order valence-electron chi connectivity index (χ2n) is 5.53. The van der Waals surface area contributed by atoms with Crippen LogP contribution in [0, 0.1) is 0 Å². The Morgan fingerprint density at radius 2 is 2.32 bits per heavy atom. The Labute approximate surface area is 138 Å². The molecule has 1 atom stereocenters. The monoisotopic (exact) mass is 338 g/mol. The molecule has 3 heterocycles. The number of aryl methyl sites for hydroxylation is 1. The second kappa shape index (κ2) is 7.15. The minimum Gasteiger partial charge on any atom is -0.377 e. The van der Waals surface area contributed by atoms with Crippen molar-refractivity contribution in [3.05, 3.63) is 21.3 Å². The molecule has 0 N–H and O–H groups in total. The summed E-state index contributed by atoms with van der Waals surface area (Å²) < 4.78 is 7.57. The van der Waals surface area contributed by atoms with E-state index < -0.39 is 0 Å². The SMILES string of the molecule is CCc1cc2c(=O)n(CC)c(SC[C@@H]3CCCCO3)nc2s1. The summed E-state index contributed by atoms with van der Waals surface area (Å²) in [5, 5.41) is 1.60. The summed E-state index contributed by atoms with van der Waals surface area (Å²) in [7, 11) is 0. The molecule has 1 aliphatic rings. The van der Waals surface area contributed by atoms with Gasteiger partial charge in [-0.25, -0.2) is 4.98 Å². The van der Waals surface area contributed by atoms with E-state index in [-0.39, 0.29) is 5.56 Å². The van der Waals surface area contributed by atoms with Gasteiger partial charge in [-0.15, -0.1) is 11.3 Å². The Balaban J connectivity index is 1.88. The Kier molecular flexibility index (Phi) is 5.21. The lowest BCUT2D eigenvalue weighted by molar-refractivity contribution is 0.0315. The third kappa shape index (κ3) is 3.24. The highest BCUT2D eigenvalue weighted by atomic mass is 32.2. The highest BCUT2D eigenvalue weighted by Crippen LogP contribution is 2.26. The van der Waals surface area contributed by atoms with Crippen molar-refractivity contribution in [2.45, 2.75) is 57.3 Å². The van der Waals surface area contributed by atoms with Crippen LogP contribution in [0.2, 0.25) is 0 Å². The molecule has 0 radical (unpaired) electrons. The first-order chi connectivity index (χ1) is 10.7. The molecule has 6 heteroatoms. The summed E-state index contributed by atoms with van der Waals surface area (Å²) in [4.78, 5) is 19.5. The van der Waals surface area contributed by atoms with Crippen LogP contribution >= 0.6 is 23.1 Å². The van der Waals surface area contributed by atoms with Gasteiger partial charge in [-0.1, -0.05) is 18.7 Å². The Morgan fingerprint density at radius 3 is 3.00 bits per heavy atom. The normalized spacial score (nSPS) is 18.9.